The Hall–Kier alpha value is -1.55. The van der Waals surface area contributed by atoms with Gasteiger partial charge in [-0.3, -0.25) is 4.90 Å². The highest BCUT2D eigenvalue weighted by atomic mass is 32.2. The second-order valence-corrected chi connectivity index (χ2v) is 8.43. The summed E-state index contributed by atoms with van der Waals surface area (Å²) in [6, 6.07) is 9.31. The van der Waals surface area contributed by atoms with Gasteiger partial charge >= 0.3 is 0 Å². The minimum Gasteiger partial charge on any atom is -0.307 e. The predicted molar refractivity (Wildman–Crippen MR) is 98.9 cm³/mol. The average Bonchev–Trinajstić information content (AvgIpc) is 2.96. The van der Waals surface area contributed by atoms with E-state index in [-0.39, 0.29) is 5.75 Å². The van der Waals surface area contributed by atoms with Crippen LogP contribution in [0.5, 0.6) is 0 Å². The highest BCUT2D eigenvalue weighted by molar-refractivity contribution is 7.88. The van der Waals surface area contributed by atoms with Gasteiger partial charge in [0.15, 0.2) is 4.77 Å². The first-order chi connectivity index (χ1) is 12.0. The van der Waals surface area contributed by atoms with Crippen molar-refractivity contribution in [3.63, 3.8) is 0 Å². The molecule has 2 heterocycles. The molecule has 1 aliphatic heterocycles. The second kappa shape index (κ2) is 7.77. The fraction of sp³-hybridized carbons (Fsp3) is 0.500. The number of piperazine rings is 1. The molecule has 0 aliphatic carbocycles. The normalized spacial score (nSPS) is 17.0. The van der Waals surface area contributed by atoms with Crippen molar-refractivity contribution in [2.24, 2.45) is 0 Å². The quantitative estimate of drug-likeness (QED) is 0.710. The van der Waals surface area contributed by atoms with E-state index in [2.05, 4.69) is 10.00 Å². The molecular weight excluding hydrogens is 358 g/mol. The van der Waals surface area contributed by atoms with Crippen molar-refractivity contribution in [1.82, 2.24) is 23.6 Å². The first-order valence-electron chi connectivity index (χ1n) is 8.36. The number of sulfonamides is 1. The smallest absolute Gasteiger partial charge is 0.218 e. The van der Waals surface area contributed by atoms with Crippen molar-refractivity contribution >= 4 is 22.2 Å². The molecule has 1 aliphatic rings. The van der Waals surface area contributed by atoms with Gasteiger partial charge in [0.2, 0.25) is 10.0 Å². The standard InChI is InChI=1S/C16H23N5O2S2/c1-2-19-13-17-21(16(19)24)14-18-8-10-20(11-9-18)25(22,23)12-15-6-4-3-5-7-15/h3-7,13H,2,8-12,14H2,1H3. The third-order valence-electron chi connectivity index (χ3n) is 4.39. The van der Waals surface area contributed by atoms with Gasteiger partial charge in [-0.2, -0.15) is 9.40 Å². The summed E-state index contributed by atoms with van der Waals surface area (Å²) >= 11 is 5.38. The highest BCUT2D eigenvalue weighted by Crippen LogP contribution is 2.14. The number of aromatic nitrogens is 3. The molecule has 0 saturated carbocycles. The summed E-state index contributed by atoms with van der Waals surface area (Å²) < 4.78 is 31.1. The fourth-order valence-electron chi connectivity index (χ4n) is 2.90. The SMILES string of the molecule is CCn1cnn(CN2CCN(S(=O)(=O)Cc3ccccc3)CC2)c1=S. The summed E-state index contributed by atoms with van der Waals surface area (Å²) in [5, 5.41) is 4.31. The van der Waals surface area contributed by atoms with Crippen LogP contribution in [0, 0.1) is 4.77 Å². The van der Waals surface area contributed by atoms with Crippen LogP contribution < -0.4 is 0 Å². The Morgan fingerprint density at radius 2 is 1.80 bits per heavy atom. The van der Waals surface area contributed by atoms with Gasteiger partial charge in [0.25, 0.3) is 0 Å². The van der Waals surface area contributed by atoms with Crippen LogP contribution in [0.1, 0.15) is 12.5 Å². The number of aryl methyl sites for hydroxylation is 1. The summed E-state index contributed by atoms with van der Waals surface area (Å²) in [6.07, 6.45) is 1.74. The Labute approximate surface area is 153 Å². The van der Waals surface area contributed by atoms with Crippen molar-refractivity contribution in [1.29, 1.82) is 0 Å². The molecule has 0 atom stereocenters. The molecule has 2 aromatic rings. The van der Waals surface area contributed by atoms with Gasteiger partial charge in [-0.25, -0.2) is 13.1 Å². The lowest BCUT2D eigenvalue weighted by molar-refractivity contribution is 0.144. The first-order valence-corrected chi connectivity index (χ1v) is 10.4. The van der Waals surface area contributed by atoms with E-state index in [1.54, 1.807) is 15.3 Å². The van der Waals surface area contributed by atoms with Crippen LogP contribution in [0.25, 0.3) is 0 Å². The third-order valence-corrected chi connectivity index (χ3v) is 6.68. The second-order valence-electron chi connectivity index (χ2n) is 6.10. The molecule has 1 aromatic heterocycles. The molecule has 136 valence electrons. The van der Waals surface area contributed by atoms with Gasteiger partial charge in [-0.1, -0.05) is 30.3 Å². The van der Waals surface area contributed by atoms with Crippen LogP contribution in [0.4, 0.5) is 0 Å². The average molecular weight is 382 g/mol. The molecule has 1 saturated heterocycles. The molecule has 0 amide bonds. The van der Waals surface area contributed by atoms with Gasteiger partial charge < -0.3 is 4.57 Å². The largest absolute Gasteiger partial charge is 0.307 e. The maximum absolute atomic E-state index is 12.6. The molecule has 25 heavy (non-hydrogen) atoms. The summed E-state index contributed by atoms with van der Waals surface area (Å²) in [5.41, 5.74) is 0.821. The number of hydrogen-bond acceptors (Lipinski definition) is 5. The van der Waals surface area contributed by atoms with E-state index in [1.165, 1.54) is 0 Å². The van der Waals surface area contributed by atoms with Crippen LogP contribution in [-0.4, -0.2) is 58.1 Å². The highest BCUT2D eigenvalue weighted by Gasteiger charge is 2.27. The Morgan fingerprint density at radius 3 is 2.40 bits per heavy atom. The number of rotatable bonds is 6. The van der Waals surface area contributed by atoms with Crippen LogP contribution >= 0.6 is 12.2 Å². The lowest BCUT2D eigenvalue weighted by atomic mass is 10.2. The van der Waals surface area contributed by atoms with E-state index in [0.717, 1.165) is 12.1 Å². The van der Waals surface area contributed by atoms with E-state index in [0.29, 0.717) is 37.6 Å². The first kappa shape index (κ1) is 18.2. The van der Waals surface area contributed by atoms with Gasteiger partial charge in [0.05, 0.1) is 12.4 Å². The Bertz CT molecular complexity index is 852. The monoisotopic (exact) mass is 381 g/mol. The maximum Gasteiger partial charge on any atom is 0.218 e. The summed E-state index contributed by atoms with van der Waals surface area (Å²) in [4.78, 5) is 2.18. The van der Waals surface area contributed by atoms with Crippen LogP contribution in [0.3, 0.4) is 0 Å². The Morgan fingerprint density at radius 1 is 1.12 bits per heavy atom. The van der Waals surface area contributed by atoms with Crippen molar-refractivity contribution in [2.75, 3.05) is 26.2 Å². The molecule has 1 fully saturated rings. The molecule has 0 bridgehead atoms. The van der Waals surface area contributed by atoms with E-state index in [1.807, 2.05) is 41.8 Å². The lowest BCUT2D eigenvalue weighted by Gasteiger charge is -2.33. The Balaban J connectivity index is 1.57. The minimum atomic E-state index is -3.28. The van der Waals surface area contributed by atoms with Crippen molar-refractivity contribution < 1.29 is 8.42 Å². The zero-order chi connectivity index (χ0) is 17.9. The van der Waals surface area contributed by atoms with Gasteiger partial charge in [-0.05, 0) is 24.7 Å². The van der Waals surface area contributed by atoms with Crippen LogP contribution in [0.15, 0.2) is 36.7 Å². The van der Waals surface area contributed by atoms with E-state index in [4.69, 9.17) is 12.2 Å². The molecular formula is C16H23N5O2S2. The van der Waals surface area contributed by atoms with E-state index >= 15 is 0 Å². The zero-order valence-electron chi connectivity index (χ0n) is 14.3. The Kier molecular flexibility index (Phi) is 5.67. The van der Waals surface area contributed by atoms with Gasteiger partial charge in [-0.15, -0.1) is 0 Å². The topological polar surface area (TPSA) is 63.4 Å². The molecule has 0 N–H and O–H groups in total. The summed E-state index contributed by atoms with van der Waals surface area (Å²) in [5.74, 6) is 0.0554. The van der Waals surface area contributed by atoms with Crippen LogP contribution in [0.2, 0.25) is 0 Å². The predicted octanol–water partition coefficient (Wildman–Crippen LogP) is 1.54. The number of nitrogens with zero attached hydrogens (tertiary/aromatic N) is 5. The van der Waals surface area contributed by atoms with Crippen molar-refractivity contribution in [2.45, 2.75) is 25.9 Å². The molecule has 7 nitrogen and oxygen atoms in total. The van der Waals surface area contributed by atoms with Crippen LogP contribution in [-0.2, 0) is 29.0 Å². The summed E-state index contributed by atoms with van der Waals surface area (Å²) in [7, 11) is -3.28. The van der Waals surface area contributed by atoms with Crippen molar-refractivity contribution in [3.05, 3.63) is 47.0 Å². The minimum absolute atomic E-state index is 0.0554. The fourth-order valence-corrected chi connectivity index (χ4v) is 4.70. The van der Waals surface area contributed by atoms with Gasteiger partial charge in [0.1, 0.15) is 6.33 Å². The molecule has 0 unspecified atom stereocenters. The maximum atomic E-state index is 12.6. The van der Waals surface area contributed by atoms with Gasteiger partial charge in [0, 0.05) is 32.7 Å². The zero-order valence-corrected chi connectivity index (χ0v) is 15.9. The molecule has 1 aromatic carbocycles. The molecule has 0 spiro atoms. The summed E-state index contributed by atoms with van der Waals surface area (Å²) in [6.45, 7) is 5.76. The lowest BCUT2D eigenvalue weighted by Crippen LogP contribution is -2.49. The number of hydrogen-bond donors (Lipinski definition) is 0. The third kappa shape index (κ3) is 4.35. The molecule has 3 rings (SSSR count). The van der Waals surface area contributed by atoms with Crippen molar-refractivity contribution in [3.8, 4) is 0 Å². The molecule has 0 radical (unpaired) electrons. The van der Waals surface area contributed by atoms with E-state index < -0.39 is 10.0 Å². The molecule has 9 heteroatoms. The number of benzene rings is 1. The van der Waals surface area contributed by atoms with E-state index in [9.17, 15) is 8.42 Å².